The van der Waals surface area contributed by atoms with E-state index in [0.717, 1.165) is 88.6 Å². The number of hydrogen-bond donors (Lipinski definition) is 6. The van der Waals surface area contributed by atoms with E-state index in [0.29, 0.717) is 78.3 Å². The largest absolute Gasteiger partial charge is 0.508 e. The molecule has 6 N–H and O–H groups in total. The summed E-state index contributed by atoms with van der Waals surface area (Å²) in [6.07, 6.45) is 3.51. The summed E-state index contributed by atoms with van der Waals surface area (Å²) in [6.45, 7) is 54.7. The van der Waals surface area contributed by atoms with Crippen molar-refractivity contribution in [1.29, 1.82) is 0 Å². The Morgan fingerprint density at radius 2 is 0.703 bits per heavy atom. The fourth-order valence-electron chi connectivity index (χ4n) is 11.4. The lowest BCUT2D eigenvalue weighted by molar-refractivity contribution is -0.121. The van der Waals surface area contributed by atoms with Crippen molar-refractivity contribution in [2.24, 2.45) is 17.8 Å². The molecule has 4 aliphatic heterocycles. The number of carbonyl (C=O) groups excluding carboxylic acids is 1. The zero-order valence-corrected chi connectivity index (χ0v) is 75.0. The molecule has 4 saturated heterocycles. The van der Waals surface area contributed by atoms with E-state index in [4.69, 9.17) is 43.7 Å². The molecule has 118 heavy (non-hydrogen) atoms. The number of aromatic hydroxyl groups is 5. The molecule has 6 unspecified atom stereocenters. The number of nitrogens with one attached hydrogen (secondary N) is 1. The quantitative estimate of drug-likeness (QED) is 0.0395. The molecular weight excluding hydrogens is 1470 g/mol. The van der Waals surface area contributed by atoms with Crippen LogP contribution in [0.25, 0.3) is 0 Å². The normalized spacial score (nSPS) is 14.9. The Morgan fingerprint density at radius 1 is 0.407 bits per heavy atom. The minimum absolute atomic E-state index is 0. The van der Waals surface area contributed by atoms with Gasteiger partial charge in [-0.2, -0.15) is 0 Å². The lowest BCUT2D eigenvalue weighted by Gasteiger charge is -2.26. The highest BCUT2D eigenvalue weighted by Gasteiger charge is 2.29. The highest BCUT2D eigenvalue weighted by Crippen LogP contribution is 2.44. The van der Waals surface area contributed by atoms with E-state index >= 15 is 0 Å². The number of aryl methyl sites for hydroxylation is 10. The first-order valence-electron chi connectivity index (χ1n) is 41.8. The number of para-hydroxylation sites is 4. The number of carbonyl (C=O) groups is 1. The number of hydrazine groups is 1. The van der Waals surface area contributed by atoms with Gasteiger partial charge in [0.05, 0.1) is 38.0 Å². The third-order valence-electron chi connectivity index (χ3n) is 18.2. The van der Waals surface area contributed by atoms with Crippen molar-refractivity contribution in [3.8, 4) is 46.0 Å². The molecule has 6 atom stereocenters. The Bertz CT molecular complexity index is 4030. The van der Waals surface area contributed by atoms with Crippen LogP contribution in [0.2, 0.25) is 0 Å². The molecule has 14 rings (SSSR count). The molecule has 1 amide bonds. The van der Waals surface area contributed by atoms with E-state index in [9.17, 15) is 15.0 Å². The molecule has 10 aromatic rings. The Balaban J connectivity index is 0.000000453. The van der Waals surface area contributed by atoms with Gasteiger partial charge in [-0.1, -0.05) is 304 Å². The van der Waals surface area contributed by atoms with Gasteiger partial charge in [0.2, 0.25) is 5.91 Å². The molecule has 0 radical (unpaired) electrons. The van der Waals surface area contributed by atoms with Crippen LogP contribution in [0.5, 0.6) is 46.0 Å². The van der Waals surface area contributed by atoms with Crippen LogP contribution in [0.1, 0.15) is 213 Å². The molecule has 0 aliphatic carbocycles. The van der Waals surface area contributed by atoms with Crippen LogP contribution in [-0.4, -0.2) is 95.9 Å². The van der Waals surface area contributed by atoms with Gasteiger partial charge < -0.3 is 54.0 Å². The second-order valence-corrected chi connectivity index (χ2v) is 31.0. The molecule has 0 aromatic heterocycles. The van der Waals surface area contributed by atoms with E-state index < -0.39 is 0 Å². The number of epoxide rings is 3. The summed E-state index contributed by atoms with van der Waals surface area (Å²) in [5.41, 5.74) is 18.6. The smallest absolute Gasteiger partial charge is 0.243 e. The van der Waals surface area contributed by atoms with Gasteiger partial charge in [0, 0.05) is 17.0 Å². The maximum Gasteiger partial charge on any atom is 0.243 e. The average Bonchev–Trinajstić information content (AvgIpc) is 0.903. The van der Waals surface area contributed by atoms with Crippen LogP contribution in [0.3, 0.4) is 0 Å². The molecule has 644 valence electrons. The van der Waals surface area contributed by atoms with Crippen molar-refractivity contribution in [3.05, 3.63) is 302 Å². The van der Waals surface area contributed by atoms with Crippen LogP contribution in [0.4, 0.5) is 5.69 Å². The predicted octanol–water partition coefficient (Wildman–Crippen LogP) is 25.8. The zero-order valence-electron chi connectivity index (χ0n) is 75.0. The second-order valence-electron chi connectivity index (χ2n) is 31.0. The Kier molecular flexibility index (Phi) is 50.1. The highest BCUT2D eigenvalue weighted by atomic mass is 16.6. The zero-order chi connectivity index (χ0) is 87.1. The van der Waals surface area contributed by atoms with E-state index in [-0.39, 0.29) is 42.6 Å². The minimum atomic E-state index is -0.0304. The summed E-state index contributed by atoms with van der Waals surface area (Å²) < 4.78 is 31.7. The molecular formula is C104H146N2O12. The van der Waals surface area contributed by atoms with E-state index in [1.807, 2.05) is 221 Å². The summed E-state index contributed by atoms with van der Waals surface area (Å²) in [6, 6.07) is 73.6. The maximum atomic E-state index is 11.2. The predicted molar refractivity (Wildman–Crippen MR) is 495 cm³/mol. The number of ether oxygens (including phenoxy) is 6. The first kappa shape index (κ1) is 104. The molecule has 14 nitrogen and oxygen atoms in total. The van der Waals surface area contributed by atoms with Crippen molar-refractivity contribution in [2.45, 2.75) is 223 Å². The molecule has 14 heteroatoms. The van der Waals surface area contributed by atoms with Crippen molar-refractivity contribution in [2.75, 3.05) is 51.2 Å². The average molecular weight is 1620 g/mol. The summed E-state index contributed by atoms with van der Waals surface area (Å²) >= 11 is 0. The minimum Gasteiger partial charge on any atom is -0.508 e. The Labute approximate surface area is 711 Å². The van der Waals surface area contributed by atoms with Crippen LogP contribution in [-0.2, 0) is 19.0 Å². The first-order chi connectivity index (χ1) is 55.8. The maximum absolute atomic E-state index is 11.2. The van der Waals surface area contributed by atoms with E-state index in [2.05, 4.69) is 142 Å². The SMILES string of the molecule is C.CC.CC(C)C.CC(c1ccccc1)C(C)c1ccccc1.CC1CN(c2ccccc2)NC1=O.CCC.CCC.Cc1cc(C)c(O)c(C(c2cc(C)cc(C)c2O)C(C)C)c1.Cc1cc(O)c(C)cc1O.Cc1ccc(O)cc1.Cc1ccccc1OCC1CO1.Cc1ccccc1OCC1CO1.Cc1ccccc1OCC1CO1. The van der Waals surface area contributed by atoms with Gasteiger partial charge in [-0.3, -0.25) is 15.2 Å². The molecule has 0 spiro atoms. The lowest BCUT2D eigenvalue weighted by Crippen LogP contribution is -2.32. The fourth-order valence-corrected chi connectivity index (χ4v) is 11.4. The van der Waals surface area contributed by atoms with Crippen molar-refractivity contribution in [1.82, 2.24) is 5.43 Å². The number of nitrogens with zero attached hydrogens (tertiary/aromatic N) is 1. The van der Waals surface area contributed by atoms with Crippen LogP contribution in [0, 0.1) is 87.0 Å². The standard InChI is InChI=1S/C20H26O2.C16H18.C10H12N2O.3C10H12O2.C8H10O2.C7H8O.C4H10.2C3H8.C2H6.CH4/c1-11(2)18(16-9-12(3)7-14(5)19(16)21)17-10-13(4)8-15(6)20(17)22;1-13(15-9-5-3-6-10-15)14(2)16-11-7-4-8-12-16;1-8-7-12(11-10(8)13)9-5-3-2-4-6-9;3*1-8-4-2-3-5-10(8)12-7-9-6-11-9;1-5-3-8(10)6(2)4-7(5)9;1-6-2-4-7(8)5-3-6;1-4(2)3;2*1-3-2;1-2;/h7-11,18,21-22H,1-6H3;3-14H,1-2H3;2-6,8H,7H2,1H3,(H,11,13);3*2-5,9H,6-7H2,1H3;3-4,9-10H,1-2H3;2-5,8H,1H3;4H,1-3H3;2*3H2,1-2H3;1-2H3;1H4. The Morgan fingerprint density at radius 3 is 0.975 bits per heavy atom. The monoisotopic (exact) mass is 1620 g/mol. The van der Waals surface area contributed by atoms with Crippen LogP contribution < -0.4 is 24.6 Å². The van der Waals surface area contributed by atoms with Gasteiger partial charge in [0.15, 0.2) is 0 Å². The number of benzene rings is 10. The van der Waals surface area contributed by atoms with Gasteiger partial charge in [-0.05, 0) is 198 Å². The number of hydrogen-bond acceptors (Lipinski definition) is 13. The number of phenolic OH excluding ortho intramolecular Hbond substituents is 5. The molecule has 4 heterocycles. The first-order valence-corrected chi connectivity index (χ1v) is 41.8. The third-order valence-corrected chi connectivity index (χ3v) is 18.2. The number of amides is 1. The van der Waals surface area contributed by atoms with Gasteiger partial charge >= 0.3 is 0 Å². The van der Waals surface area contributed by atoms with Crippen molar-refractivity contribution >= 4 is 11.6 Å². The van der Waals surface area contributed by atoms with E-state index in [1.54, 1.807) is 38.1 Å². The van der Waals surface area contributed by atoms with Gasteiger partial charge in [-0.25, -0.2) is 0 Å². The fraction of sp³-hybridized carbons (Fsp3) is 0.413. The highest BCUT2D eigenvalue weighted by molar-refractivity contribution is 5.83. The molecule has 0 bridgehead atoms. The van der Waals surface area contributed by atoms with Crippen LogP contribution >= 0.6 is 0 Å². The van der Waals surface area contributed by atoms with Gasteiger partial charge in [-0.15, -0.1) is 0 Å². The second kappa shape index (κ2) is 57.0. The van der Waals surface area contributed by atoms with Crippen molar-refractivity contribution < 1.29 is 58.7 Å². The molecule has 4 fully saturated rings. The van der Waals surface area contributed by atoms with Crippen LogP contribution in [0.15, 0.2) is 224 Å². The lowest BCUT2D eigenvalue weighted by atomic mass is 9.79. The summed E-state index contributed by atoms with van der Waals surface area (Å²) in [5, 5.41) is 50.0. The summed E-state index contributed by atoms with van der Waals surface area (Å²) in [4.78, 5) is 11.2. The molecule has 10 aromatic carbocycles. The van der Waals surface area contributed by atoms with E-state index in [1.165, 1.54) is 46.2 Å². The summed E-state index contributed by atoms with van der Waals surface area (Å²) in [5.74, 6) is 6.73. The summed E-state index contributed by atoms with van der Waals surface area (Å²) in [7, 11) is 0. The molecule has 4 aliphatic rings. The number of rotatable bonds is 16. The van der Waals surface area contributed by atoms with Gasteiger partial charge in [0.25, 0.3) is 0 Å². The molecule has 0 saturated carbocycles. The topological polar surface area (TPSA) is 199 Å². The van der Waals surface area contributed by atoms with Gasteiger partial charge in [0.1, 0.15) is 84.1 Å². The van der Waals surface area contributed by atoms with Crippen molar-refractivity contribution in [3.63, 3.8) is 0 Å². The number of phenols is 5. The third kappa shape index (κ3) is 40.7. The number of anilines is 1. The Hall–Kier alpha value is -10.3.